The quantitative estimate of drug-likeness (QED) is 0.607. The van der Waals surface area contributed by atoms with Crippen molar-refractivity contribution < 1.29 is 9.53 Å². The van der Waals surface area contributed by atoms with Crippen molar-refractivity contribution in [3.63, 3.8) is 0 Å². The topological polar surface area (TPSA) is 26.3 Å². The second-order valence-corrected chi connectivity index (χ2v) is 5.15. The highest BCUT2D eigenvalue weighted by Gasteiger charge is 2.26. The molecule has 1 aliphatic heterocycles. The highest BCUT2D eigenvalue weighted by molar-refractivity contribution is 5.95. The molecule has 1 aliphatic rings. The SMILES string of the molecule is Cc1cc(C(C)(C)C)cc2c1C(=O)OC2. The number of fused-ring (bicyclic) bond motifs is 1. The van der Waals surface area contributed by atoms with Crippen LogP contribution in [0.2, 0.25) is 0 Å². The summed E-state index contributed by atoms with van der Waals surface area (Å²) in [5, 5.41) is 0. The third kappa shape index (κ3) is 1.65. The van der Waals surface area contributed by atoms with Crippen molar-refractivity contribution in [3.05, 3.63) is 34.4 Å². The standard InChI is InChI=1S/C13H16O2/c1-8-5-10(13(2,3)4)6-9-7-15-12(14)11(8)9/h5-6H,7H2,1-4H3. The molecule has 2 rings (SSSR count). The van der Waals surface area contributed by atoms with Gasteiger partial charge in [-0.25, -0.2) is 4.79 Å². The minimum absolute atomic E-state index is 0.116. The molecule has 0 bridgehead atoms. The van der Waals surface area contributed by atoms with Gasteiger partial charge in [0.2, 0.25) is 0 Å². The highest BCUT2D eigenvalue weighted by Crippen LogP contribution is 2.30. The maximum Gasteiger partial charge on any atom is 0.339 e. The van der Waals surface area contributed by atoms with Gasteiger partial charge in [0.05, 0.1) is 5.56 Å². The highest BCUT2D eigenvalue weighted by atomic mass is 16.5. The van der Waals surface area contributed by atoms with Gasteiger partial charge in [-0.1, -0.05) is 32.9 Å². The Morgan fingerprint density at radius 1 is 1.27 bits per heavy atom. The van der Waals surface area contributed by atoms with Gasteiger partial charge < -0.3 is 4.74 Å². The molecule has 0 atom stereocenters. The molecular formula is C13H16O2. The van der Waals surface area contributed by atoms with E-state index in [1.165, 1.54) is 5.56 Å². The van der Waals surface area contributed by atoms with E-state index in [4.69, 9.17) is 4.74 Å². The van der Waals surface area contributed by atoms with Gasteiger partial charge in [-0.05, 0) is 23.5 Å². The van der Waals surface area contributed by atoms with E-state index in [-0.39, 0.29) is 11.4 Å². The molecule has 0 unspecified atom stereocenters. The molecule has 2 heteroatoms. The molecule has 1 aromatic rings. The number of cyclic esters (lactones) is 1. The van der Waals surface area contributed by atoms with Crippen LogP contribution < -0.4 is 0 Å². The molecule has 15 heavy (non-hydrogen) atoms. The third-order valence-corrected chi connectivity index (χ3v) is 2.85. The van der Waals surface area contributed by atoms with E-state index in [2.05, 4.69) is 32.9 Å². The zero-order valence-corrected chi connectivity index (χ0v) is 9.68. The van der Waals surface area contributed by atoms with E-state index in [9.17, 15) is 4.79 Å². The normalized spacial score (nSPS) is 15.1. The average molecular weight is 204 g/mol. The van der Waals surface area contributed by atoms with Crippen LogP contribution in [0, 0.1) is 6.92 Å². The molecule has 0 saturated heterocycles. The molecule has 0 amide bonds. The smallest absolute Gasteiger partial charge is 0.339 e. The van der Waals surface area contributed by atoms with Crippen molar-refractivity contribution in [2.24, 2.45) is 0 Å². The second kappa shape index (κ2) is 3.09. The zero-order chi connectivity index (χ0) is 11.2. The Balaban J connectivity index is 2.59. The van der Waals surface area contributed by atoms with E-state index in [1.807, 2.05) is 6.92 Å². The Bertz CT molecular complexity index is 425. The summed E-state index contributed by atoms with van der Waals surface area (Å²) in [5.41, 5.74) is 4.20. The molecule has 0 saturated carbocycles. The Morgan fingerprint density at radius 3 is 2.53 bits per heavy atom. The van der Waals surface area contributed by atoms with Gasteiger partial charge in [0.25, 0.3) is 0 Å². The van der Waals surface area contributed by atoms with Gasteiger partial charge in [0.1, 0.15) is 6.61 Å². The van der Waals surface area contributed by atoms with Crippen molar-refractivity contribution >= 4 is 5.97 Å². The van der Waals surface area contributed by atoms with Crippen molar-refractivity contribution in [1.29, 1.82) is 0 Å². The summed E-state index contributed by atoms with van der Waals surface area (Å²) in [6.45, 7) is 8.92. The maximum absolute atomic E-state index is 11.4. The Labute approximate surface area is 90.3 Å². The summed E-state index contributed by atoms with van der Waals surface area (Å²) >= 11 is 0. The lowest BCUT2D eigenvalue weighted by molar-refractivity contribution is 0.0534. The number of rotatable bonds is 0. The van der Waals surface area contributed by atoms with Gasteiger partial charge in [0.15, 0.2) is 0 Å². The number of carbonyl (C=O) groups excluding carboxylic acids is 1. The summed E-state index contributed by atoms with van der Waals surface area (Å²) in [5.74, 6) is -0.178. The predicted octanol–water partition coefficient (Wildman–Crippen LogP) is 2.96. The van der Waals surface area contributed by atoms with Crippen LogP contribution in [0.15, 0.2) is 12.1 Å². The largest absolute Gasteiger partial charge is 0.457 e. The Hall–Kier alpha value is -1.31. The van der Waals surface area contributed by atoms with E-state index in [0.717, 1.165) is 16.7 Å². The van der Waals surface area contributed by atoms with Crippen molar-refractivity contribution in [1.82, 2.24) is 0 Å². The van der Waals surface area contributed by atoms with E-state index in [0.29, 0.717) is 6.61 Å². The average Bonchev–Trinajstić information content (AvgIpc) is 2.46. The first kappa shape index (κ1) is 10.2. The summed E-state index contributed by atoms with van der Waals surface area (Å²) < 4.78 is 5.03. The van der Waals surface area contributed by atoms with E-state index < -0.39 is 0 Å². The minimum atomic E-state index is -0.178. The first-order chi connectivity index (χ1) is 6.89. The molecule has 0 fully saturated rings. The van der Waals surface area contributed by atoms with Gasteiger partial charge in [-0.2, -0.15) is 0 Å². The lowest BCUT2D eigenvalue weighted by Gasteiger charge is -2.20. The molecule has 0 N–H and O–H groups in total. The monoisotopic (exact) mass is 204 g/mol. The summed E-state index contributed by atoms with van der Waals surface area (Å²) in [7, 11) is 0. The number of esters is 1. The summed E-state index contributed by atoms with van der Waals surface area (Å²) in [4.78, 5) is 11.4. The van der Waals surface area contributed by atoms with Crippen LogP contribution in [0.1, 0.15) is 47.8 Å². The third-order valence-electron chi connectivity index (χ3n) is 2.85. The molecule has 0 aromatic heterocycles. The second-order valence-electron chi connectivity index (χ2n) is 5.15. The predicted molar refractivity (Wildman–Crippen MR) is 59.0 cm³/mol. The molecule has 0 radical (unpaired) electrons. The first-order valence-electron chi connectivity index (χ1n) is 5.21. The first-order valence-corrected chi connectivity index (χ1v) is 5.21. The van der Waals surface area contributed by atoms with E-state index >= 15 is 0 Å². The Morgan fingerprint density at radius 2 is 1.93 bits per heavy atom. The molecule has 2 nitrogen and oxygen atoms in total. The molecule has 0 spiro atoms. The van der Waals surface area contributed by atoms with Gasteiger partial charge >= 0.3 is 5.97 Å². The van der Waals surface area contributed by atoms with Crippen molar-refractivity contribution in [3.8, 4) is 0 Å². The van der Waals surface area contributed by atoms with Crippen molar-refractivity contribution in [2.45, 2.75) is 39.7 Å². The van der Waals surface area contributed by atoms with Crippen molar-refractivity contribution in [2.75, 3.05) is 0 Å². The number of aryl methyl sites for hydroxylation is 1. The zero-order valence-electron chi connectivity index (χ0n) is 9.68. The summed E-state index contributed by atoms with van der Waals surface area (Å²) in [6, 6.07) is 4.18. The number of benzene rings is 1. The van der Waals surface area contributed by atoms with Gasteiger partial charge in [0, 0.05) is 5.56 Å². The van der Waals surface area contributed by atoms with Crippen LogP contribution in [0.25, 0.3) is 0 Å². The number of hydrogen-bond donors (Lipinski definition) is 0. The molecular weight excluding hydrogens is 188 g/mol. The molecule has 1 aromatic carbocycles. The van der Waals surface area contributed by atoms with Crippen LogP contribution in [-0.4, -0.2) is 5.97 Å². The fourth-order valence-electron chi connectivity index (χ4n) is 1.91. The lowest BCUT2D eigenvalue weighted by Crippen LogP contribution is -2.12. The fraction of sp³-hybridized carbons (Fsp3) is 0.462. The lowest BCUT2D eigenvalue weighted by atomic mass is 9.84. The van der Waals surface area contributed by atoms with E-state index in [1.54, 1.807) is 0 Å². The fourth-order valence-corrected chi connectivity index (χ4v) is 1.91. The van der Waals surface area contributed by atoms with Gasteiger partial charge in [-0.3, -0.25) is 0 Å². The van der Waals surface area contributed by atoms with Crippen LogP contribution in [0.4, 0.5) is 0 Å². The number of ether oxygens (including phenoxy) is 1. The minimum Gasteiger partial charge on any atom is -0.457 e. The van der Waals surface area contributed by atoms with Crippen LogP contribution in [0.5, 0.6) is 0 Å². The molecule has 1 heterocycles. The van der Waals surface area contributed by atoms with Crippen LogP contribution >= 0.6 is 0 Å². The molecule has 80 valence electrons. The maximum atomic E-state index is 11.4. The Kier molecular flexibility index (Phi) is 2.10. The summed E-state index contributed by atoms with van der Waals surface area (Å²) in [6.07, 6.45) is 0. The number of carbonyl (C=O) groups is 1. The number of hydrogen-bond acceptors (Lipinski definition) is 2. The van der Waals surface area contributed by atoms with Crippen LogP contribution in [-0.2, 0) is 16.8 Å². The van der Waals surface area contributed by atoms with Gasteiger partial charge in [-0.15, -0.1) is 0 Å². The van der Waals surface area contributed by atoms with Crippen LogP contribution in [0.3, 0.4) is 0 Å². The molecule has 0 aliphatic carbocycles.